The second-order valence-corrected chi connectivity index (χ2v) is 7.13. The van der Waals surface area contributed by atoms with E-state index in [0.29, 0.717) is 5.92 Å². The summed E-state index contributed by atoms with van der Waals surface area (Å²) in [6, 6.07) is 20.1. The Bertz CT molecular complexity index is 617. The summed E-state index contributed by atoms with van der Waals surface area (Å²) in [5, 5.41) is 0. The van der Waals surface area contributed by atoms with Crippen LogP contribution in [0.5, 0.6) is 0 Å². The largest absolute Gasteiger partial charge is 0.309 e. The summed E-state index contributed by atoms with van der Waals surface area (Å²) in [7, 11) is 4.33. The Balaban J connectivity index is 1.89. The highest BCUT2D eigenvalue weighted by molar-refractivity contribution is 5.49. The van der Waals surface area contributed by atoms with Crippen LogP contribution in [0.2, 0.25) is 0 Å². The summed E-state index contributed by atoms with van der Waals surface area (Å²) in [6.45, 7) is 3.60. The monoisotopic (exact) mass is 293 g/mol. The lowest BCUT2D eigenvalue weighted by atomic mass is 9.77. The SMILES string of the molecule is CN(C)CCCC1CC(C)(c2ccccc2)c2ccccc21. The van der Waals surface area contributed by atoms with Crippen LogP contribution in [-0.4, -0.2) is 25.5 Å². The summed E-state index contributed by atoms with van der Waals surface area (Å²) in [4.78, 5) is 2.29. The van der Waals surface area contributed by atoms with E-state index in [9.17, 15) is 0 Å². The third-order valence-electron chi connectivity index (χ3n) is 5.22. The first-order chi connectivity index (χ1) is 10.6. The fraction of sp³-hybridized carbons (Fsp3) is 0.429. The Morgan fingerprint density at radius 3 is 2.41 bits per heavy atom. The first-order valence-electron chi connectivity index (χ1n) is 8.41. The molecule has 0 saturated heterocycles. The molecular formula is C21H27N. The maximum Gasteiger partial charge on any atom is 0.0183 e. The predicted molar refractivity (Wildman–Crippen MR) is 94.5 cm³/mol. The van der Waals surface area contributed by atoms with Crippen molar-refractivity contribution in [1.82, 2.24) is 4.90 Å². The van der Waals surface area contributed by atoms with E-state index in [2.05, 4.69) is 80.5 Å². The number of fused-ring (bicyclic) bond motifs is 1. The molecule has 0 fully saturated rings. The maximum absolute atomic E-state index is 2.42. The molecule has 0 spiro atoms. The first-order valence-corrected chi connectivity index (χ1v) is 8.41. The Kier molecular flexibility index (Phi) is 4.35. The lowest BCUT2D eigenvalue weighted by Gasteiger charge is -2.27. The van der Waals surface area contributed by atoms with Gasteiger partial charge in [0.05, 0.1) is 0 Å². The minimum absolute atomic E-state index is 0.167. The van der Waals surface area contributed by atoms with Gasteiger partial charge in [0.25, 0.3) is 0 Å². The van der Waals surface area contributed by atoms with E-state index in [0.717, 1.165) is 0 Å². The van der Waals surface area contributed by atoms with Gasteiger partial charge in [-0.3, -0.25) is 0 Å². The van der Waals surface area contributed by atoms with Gasteiger partial charge in [-0.1, -0.05) is 61.5 Å². The first kappa shape index (κ1) is 15.3. The van der Waals surface area contributed by atoms with Gasteiger partial charge >= 0.3 is 0 Å². The second-order valence-electron chi connectivity index (χ2n) is 7.13. The fourth-order valence-corrected chi connectivity index (χ4v) is 4.06. The van der Waals surface area contributed by atoms with Gasteiger partial charge in [0.2, 0.25) is 0 Å². The van der Waals surface area contributed by atoms with Crippen LogP contribution in [0, 0.1) is 0 Å². The smallest absolute Gasteiger partial charge is 0.0183 e. The van der Waals surface area contributed by atoms with Crippen LogP contribution in [0.4, 0.5) is 0 Å². The molecule has 22 heavy (non-hydrogen) atoms. The molecular weight excluding hydrogens is 266 g/mol. The van der Waals surface area contributed by atoms with E-state index >= 15 is 0 Å². The Morgan fingerprint density at radius 1 is 1.00 bits per heavy atom. The normalized spacial score (nSPS) is 23.7. The molecule has 0 aliphatic heterocycles. The molecule has 2 aromatic carbocycles. The van der Waals surface area contributed by atoms with Gasteiger partial charge in [-0.15, -0.1) is 0 Å². The number of nitrogens with zero attached hydrogens (tertiary/aromatic N) is 1. The van der Waals surface area contributed by atoms with Crippen LogP contribution in [0.1, 0.15) is 48.8 Å². The molecule has 0 N–H and O–H groups in total. The van der Waals surface area contributed by atoms with Crippen LogP contribution >= 0.6 is 0 Å². The molecule has 2 unspecified atom stereocenters. The molecule has 2 atom stereocenters. The van der Waals surface area contributed by atoms with Gasteiger partial charge in [0.1, 0.15) is 0 Å². The van der Waals surface area contributed by atoms with E-state index in [-0.39, 0.29) is 5.41 Å². The van der Waals surface area contributed by atoms with Gasteiger partial charge in [-0.2, -0.15) is 0 Å². The summed E-state index contributed by atoms with van der Waals surface area (Å²) in [5.41, 5.74) is 4.74. The van der Waals surface area contributed by atoms with Gasteiger partial charge in [-0.25, -0.2) is 0 Å². The molecule has 1 aliphatic rings. The third kappa shape index (κ3) is 2.83. The highest BCUT2D eigenvalue weighted by Gasteiger charge is 2.40. The molecule has 1 nitrogen and oxygen atoms in total. The summed E-state index contributed by atoms with van der Waals surface area (Å²) in [5.74, 6) is 0.696. The van der Waals surface area contributed by atoms with E-state index in [4.69, 9.17) is 0 Å². The van der Waals surface area contributed by atoms with Crippen molar-refractivity contribution in [2.45, 2.75) is 37.5 Å². The fourth-order valence-electron chi connectivity index (χ4n) is 4.06. The highest BCUT2D eigenvalue weighted by atomic mass is 15.0. The summed E-state index contributed by atoms with van der Waals surface area (Å²) < 4.78 is 0. The maximum atomic E-state index is 2.42. The van der Waals surface area contributed by atoms with Crippen molar-refractivity contribution >= 4 is 0 Å². The zero-order chi connectivity index (χ0) is 15.6. The Hall–Kier alpha value is -1.60. The van der Waals surface area contributed by atoms with Crippen LogP contribution < -0.4 is 0 Å². The van der Waals surface area contributed by atoms with E-state index < -0.39 is 0 Å². The Labute approximate surface area is 135 Å². The molecule has 0 amide bonds. The Morgan fingerprint density at radius 2 is 1.68 bits per heavy atom. The number of hydrogen-bond donors (Lipinski definition) is 0. The van der Waals surface area contributed by atoms with Gasteiger partial charge in [0.15, 0.2) is 0 Å². The van der Waals surface area contributed by atoms with Crippen LogP contribution in [0.15, 0.2) is 54.6 Å². The zero-order valence-corrected chi connectivity index (χ0v) is 14.0. The van der Waals surface area contributed by atoms with Crippen LogP contribution in [0.25, 0.3) is 0 Å². The quantitative estimate of drug-likeness (QED) is 0.764. The zero-order valence-electron chi connectivity index (χ0n) is 14.0. The third-order valence-corrected chi connectivity index (χ3v) is 5.22. The number of hydrogen-bond acceptors (Lipinski definition) is 1. The molecule has 2 aromatic rings. The van der Waals surface area contributed by atoms with Crippen molar-refractivity contribution in [2.24, 2.45) is 0 Å². The molecule has 1 heteroatoms. The minimum atomic E-state index is 0.167. The molecule has 0 aromatic heterocycles. The number of rotatable bonds is 5. The minimum Gasteiger partial charge on any atom is -0.309 e. The second kappa shape index (κ2) is 6.26. The summed E-state index contributed by atoms with van der Waals surface area (Å²) >= 11 is 0. The molecule has 0 radical (unpaired) electrons. The van der Waals surface area contributed by atoms with Crippen molar-refractivity contribution < 1.29 is 0 Å². The molecule has 0 saturated carbocycles. The molecule has 0 bridgehead atoms. The average molecular weight is 293 g/mol. The van der Waals surface area contributed by atoms with Crippen molar-refractivity contribution in [3.05, 3.63) is 71.3 Å². The molecule has 116 valence electrons. The highest BCUT2D eigenvalue weighted by Crippen LogP contribution is 2.51. The van der Waals surface area contributed by atoms with Crippen molar-refractivity contribution in [3.8, 4) is 0 Å². The standard InChI is InChI=1S/C21H27N/c1-21(18-11-5-4-6-12-18)16-17(10-9-15-22(2)3)19-13-7-8-14-20(19)21/h4-8,11-14,17H,9-10,15-16H2,1-3H3. The topological polar surface area (TPSA) is 3.24 Å². The predicted octanol–water partition coefficient (Wildman–Crippen LogP) is 4.82. The lowest BCUT2D eigenvalue weighted by Crippen LogP contribution is -2.20. The lowest BCUT2D eigenvalue weighted by molar-refractivity contribution is 0.377. The van der Waals surface area contributed by atoms with E-state index in [1.54, 1.807) is 5.56 Å². The van der Waals surface area contributed by atoms with Gasteiger partial charge in [-0.05, 0) is 62.5 Å². The van der Waals surface area contributed by atoms with Crippen LogP contribution in [0.3, 0.4) is 0 Å². The van der Waals surface area contributed by atoms with Crippen molar-refractivity contribution in [2.75, 3.05) is 20.6 Å². The average Bonchev–Trinajstić information content (AvgIpc) is 2.83. The summed E-state index contributed by atoms with van der Waals surface area (Å²) in [6.07, 6.45) is 3.80. The van der Waals surface area contributed by atoms with Crippen molar-refractivity contribution in [3.63, 3.8) is 0 Å². The van der Waals surface area contributed by atoms with Crippen LogP contribution in [-0.2, 0) is 5.41 Å². The molecule has 1 aliphatic carbocycles. The molecule has 3 rings (SSSR count). The van der Waals surface area contributed by atoms with E-state index in [1.807, 2.05) is 0 Å². The van der Waals surface area contributed by atoms with E-state index in [1.165, 1.54) is 36.9 Å². The van der Waals surface area contributed by atoms with Crippen molar-refractivity contribution in [1.29, 1.82) is 0 Å². The number of benzene rings is 2. The van der Waals surface area contributed by atoms with Gasteiger partial charge in [0, 0.05) is 5.41 Å². The molecule has 0 heterocycles. The van der Waals surface area contributed by atoms with Gasteiger partial charge < -0.3 is 4.90 Å².